The fourth-order valence-electron chi connectivity index (χ4n) is 2.11. The van der Waals surface area contributed by atoms with Gasteiger partial charge in [-0.15, -0.1) is 5.10 Å². The normalized spacial score (nSPS) is 16.0. The second-order valence-corrected chi connectivity index (χ2v) is 5.80. The first kappa shape index (κ1) is 15.3. The highest BCUT2D eigenvalue weighted by molar-refractivity contribution is 8.15. The van der Waals surface area contributed by atoms with Gasteiger partial charge in [-0.2, -0.15) is 5.10 Å². The lowest BCUT2D eigenvalue weighted by molar-refractivity contribution is -0.116. The van der Waals surface area contributed by atoms with Crippen LogP contribution in [0.5, 0.6) is 5.75 Å². The summed E-state index contributed by atoms with van der Waals surface area (Å²) in [5.41, 5.74) is 3.13. The van der Waals surface area contributed by atoms with Crippen LogP contribution in [0.15, 0.2) is 58.7 Å². The first-order chi connectivity index (χ1) is 11.2. The molecule has 1 aliphatic rings. The van der Waals surface area contributed by atoms with Gasteiger partial charge in [0.1, 0.15) is 5.75 Å². The molecule has 2 aromatic carbocycles. The molecule has 1 aliphatic heterocycles. The molecule has 0 radical (unpaired) electrons. The van der Waals surface area contributed by atoms with Crippen LogP contribution in [0.1, 0.15) is 5.56 Å². The molecule has 1 heterocycles. The molecular weight excluding hydrogens is 310 g/mol. The lowest BCUT2D eigenvalue weighted by Gasteiger charge is -2.04. The lowest BCUT2D eigenvalue weighted by Crippen LogP contribution is -2.19. The highest BCUT2D eigenvalue weighted by Gasteiger charge is 2.15. The largest absolute Gasteiger partial charge is 0.497 e. The number of carbonyl (C=O) groups is 1. The van der Waals surface area contributed by atoms with Crippen molar-refractivity contribution >= 4 is 29.1 Å². The number of rotatable bonds is 4. The number of benzene rings is 2. The average molecular weight is 325 g/mol. The monoisotopic (exact) mass is 325 g/mol. The van der Waals surface area contributed by atoms with Gasteiger partial charge in [0.2, 0.25) is 5.91 Å². The van der Waals surface area contributed by atoms with Crippen LogP contribution in [0.4, 0.5) is 0 Å². The zero-order valence-electron chi connectivity index (χ0n) is 12.5. The van der Waals surface area contributed by atoms with E-state index in [4.69, 9.17) is 4.74 Å². The molecule has 0 aromatic heterocycles. The summed E-state index contributed by atoms with van der Waals surface area (Å²) in [6.45, 7) is 0. The van der Waals surface area contributed by atoms with Gasteiger partial charge in [0.15, 0.2) is 5.17 Å². The number of ether oxygens (including phenoxy) is 1. The molecule has 116 valence electrons. The van der Waals surface area contributed by atoms with Crippen molar-refractivity contribution in [1.29, 1.82) is 0 Å². The molecule has 0 saturated carbocycles. The van der Waals surface area contributed by atoms with E-state index in [1.54, 1.807) is 13.3 Å². The Labute approximate surface area is 138 Å². The second-order valence-electron chi connectivity index (χ2n) is 4.84. The molecule has 5 nitrogen and oxygen atoms in total. The topological polar surface area (TPSA) is 63.1 Å². The minimum atomic E-state index is -0.0366. The van der Waals surface area contributed by atoms with Gasteiger partial charge in [0.05, 0.1) is 19.1 Å². The van der Waals surface area contributed by atoms with E-state index in [0.717, 1.165) is 22.4 Å². The van der Waals surface area contributed by atoms with Crippen LogP contribution in [0.3, 0.4) is 0 Å². The van der Waals surface area contributed by atoms with E-state index in [9.17, 15) is 4.79 Å². The number of amidine groups is 1. The van der Waals surface area contributed by atoms with Gasteiger partial charge in [0, 0.05) is 0 Å². The van der Waals surface area contributed by atoms with Crippen molar-refractivity contribution in [1.82, 2.24) is 5.32 Å². The van der Waals surface area contributed by atoms with Crippen molar-refractivity contribution in [2.45, 2.75) is 0 Å². The SMILES string of the molecule is COc1ccc(-c2cccc(C=NN=C3NC(=O)CS3)c2)cc1. The quantitative estimate of drug-likeness (QED) is 0.694. The third-order valence-corrected chi connectivity index (χ3v) is 4.12. The van der Waals surface area contributed by atoms with E-state index in [0.29, 0.717) is 10.9 Å². The molecule has 6 heteroatoms. The molecule has 0 bridgehead atoms. The fourth-order valence-corrected chi connectivity index (χ4v) is 2.74. The molecule has 1 amide bonds. The summed E-state index contributed by atoms with van der Waals surface area (Å²) in [6, 6.07) is 15.9. The summed E-state index contributed by atoms with van der Waals surface area (Å²) in [4.78, 5) is 11.1. The molecule has 2 aromatic rings. The van der Waals surface area contributed by atoms with Crippen LogP contribution in [0.2, 0.25) is 0 Å². The zero-order valence-corrected chi connectivity index (χ0v) is 13.3. The summed E-state index contributed by atoms with van der Waals surface area (Å²) >= 11 is 1.35. The molecule has 0 unspecified atom stereocenters. The summed E-state index contributed by atoms with van der Waals surface area (Å²) in [5, 5.41) is 11.2. The van der Waals surface area contributed by atoms with Crippen LogP contribution < -0.4 is 10.1 Å². The highest BCUT2D eigenvalue weighted by Crippen LogP contribution is 2.22. The maximum Gasteiger partial charge on any atom is 0.236 e. The summed E-state index contributed by atoms with van der Waals surface area (Å²) in [5.74, 6) is 1.20. The number of thioether (sulfide) groups is 1. The van der Waals surface area contributed by atoms with Crippen LogP contribution in [0.25, 0.3) is 11.1 Å². The van der Waals surface area contributed by atoms with Crippen molar-refractivity contribution in [3.05, 3.63) is 54.1 Å². The van der Waals surface area contributed by atoms with E-state index in [-0.39, 0.29) is 5.91 Å². The van der Waals surface area contributed by atoms with Gasteiger partial charge in [-0.1, -0.05) is 42.1 Å². The molecule has 23 heavy (non-hydrogen) atoms. The second kappa shape index (κ2) is 7.11. The van der Waals surface area contributed by atoms with Crippen LogP contribution in [-0.2, 0) is 4.79 Å². The van der Waals surface area contributed by atoms with E-state index in [1.807, 2.05) is 48.5 Å². The van der Waals surface area contributed by atoms with Crippen LogP contribution in [0, 0.1) is 0 Å². The van der Waals surface area contributed by atoms with Crippen molar-refractivity contribution in [2.75, 3.05) is 12.9 Å². The smallest absolute Gasteiger partial charge is 0.236 e. The highest BCUT2D eigenvalue weighted by atomic mass is 32.2. The maximum absolute atomic E-state index is 11.1. The Morgan fingerprint density at radius 2 is 2.00 bits per heavy atom. The third-order valence-electron chi connectivity index (χ3n) is 3.25. The van der Waals surface area contributed by atoms with Gasteiger partial charge in [-0.3, -0.25) is 4.79 Å². The van der Waals surface area contributed by atoms with Crippen molar-refractivity contribution in [3.8, 4) is 16.9 Å². The Kier molecular flexibility index (Phi) is 4.73. The molecular formula is C17H15N3O2S. The summed E-state index contributed by atoms with van der Waals surface area (Å²) in [6.07, 6.45) is 1.67. The standard InChI is InChI=1S/C17H15N3O2S/c1-22-15-7-5-13(6-8-15)14-4-2-3-12(9-14)10-18-20-17-19-16(21)11-23-17/h2-10H,11H2,1H3,(H,19,20,21). The Morgan fingerprint density at radius 3 is 2.70 bits per heavy atom. The first-order valence-corrected chi connectivity index (χ1v) is 8.01. The number of nitrogens with one attached hydrogen (secondary N) is 1. The van der Waals surface area contributed by atoms with E-state index < -0.39 is 0 Å². The number of amides is 1. The van der Waals surface area contributed by atoms with Gasteiger partial charge in [0.25, 0.3) is 0 Å². The zero-order chi connectivity index (χ0) is 16.1. The minimum Gasteiger partial charge on any atom is -0.497 e. The van der Waals surface area contributed by atoms with E-state index in [2.05, 4.69) is 15.5 Å². The number of hydrogen-bond donors (Lipinski definition) is 1. The molecule has 0 aliphatic carbocycles. The average Bonchev–Trinajstić information content (AvgIpc) is 3.00. The van der Waals surface area contributed by atoms with Gasteiger partial charge in [-0.05, 0) is 34.9 Å². The minimum absolute atomic E-state index is 0.0366. The van der Waals surface area contributed by atoms with E-state index in [1.165, 1.54) is 11.8 Å². The predicted molar refractivity (Wildman–Crippen MR) is 94.1 cm³/mol. The Bertz CT molecular complexity index is 770. The van der Waals surface area contributed by atoms with Gasteiger partial charge < -0.3 is 10.1 Å². The van der Waals surface area contributed by atoms with Crippen molar-refractivity contribution in [3.63, 3.8) is 0 Å². The predicted octanol–water partition coefficient (Wildman–Crippen LogP) is 2.92. The van der Waals surface area contributed by atoms with Gasteiger partial charge in [-0.25, -0.2) is 0 Å². The molecule has 3 rings (SSSR count). The first-order valence-electron chi connectivity index (χ1n) is 7.03. The number of hydrogen-bond acceptors (Lipinski definition) is 5. The summed E-state index contributed by atoms with van der Waals surface area (Å²) < 4.78 is 5.17. The molecule has 0 spiro atoms. The maximum atomic E-state index is 11.1. The number of carbonyl (C=O) groups excluding carboxylic acids is 1. The number of nitrogens with zero attached hydrogens (tertiary/aromatic N) is 2. The van der Waals surface area contributed by atoms with Crippen LogP contribution >= 0.6 is 11.8 Å². The molecule has 1 N–H and O–H groups in total. The number of methoxy groups -OCH3 is 1. The van der Waals surface area contributed by atoms with E-state index >= 15 is 0 Å². The summed E-state index contributed by atoms with van der Waals surface area (Å²) in [7, 11) is 1.65. The van der Waals surface area contributed by atoms with Crippen molar-refractivity contribution < 1.29 is 9.53 Å². The van der Waals surface area contributed by atoms with Crippen LogP contribution in [-0.4, -0.2) is 30.2 Å². The third kappa shape index (κ3) is 3.98. The Balaban J connectivity index is 1.75. The molecule has 1 saturated heterocycles. The van der Waals surface area contributed by atoms with Gasteiger partial charge >= 0.3 is 0 Å². The van der Waals surface area contributed by atoms with Crippen molar-refractivity contribution in [2.24, 2.45) is 10.2 Å². The lowest BCUT2D eigenvalue weighted by atomic mass is 10.0. The molecule has 1 fully saturated rings. The fraction of sp³-hybridized carbons (Fsp3) is 0.118. The molecule has 0 atom stereocenters. The Morgan fingerprint density at radius 1 is 1.17 bits per heavy atom. The Hall–Kier alpha value is -2.60.